The highest BCUT2D eigenvalue weighted by Crippen LogP contribution is 2.38. The minimum atomic E-state index is -1.65. The summed E-state index contributed by atoms with van der Waals surface area (Å²) in [7, 11) is 0. The molecule has 1 fully saturated rings. The molecular formula is C13H20FN3O3S. The number of hydrogen-bond acceptors (Lipinski definition) is 6. The Bertz CT molecular complexity index is 531. The van der Waals surface area contributed by atoms with Crippen molar-refractivity contribution in [2.75, 3.05) is 18.8 Å². The van der Waals surface area contributed by atoms with Crippen molar-refractivity contribution >= 4 is 22.6 Å². The molecule has 0 radical (unpaired) electrons. The largest absolute Gasteiger partial charge is 0.444 e. The van der Waals surface area contributed by atoms with Gasteiger partial charge in [-0.1, -0.05) is 11.3 Å². The third-order valence-corrected chi connectivity index (χ3v) is 4.26. The van der Waals surface area contributed by atoms with E-state index in [4.69, 9.17) is 10.5 Å². The maximum absolute atomic E-state index is 14.4. The van der Waals surface area contributed by atoms with Crippen LogP contribution in [0, 0.1) is 0 Å². The standard InChI is InChI=1S/C13H20FN3O3S/c1-12(2,3)20-11(18)17-5-4-13(19,8(14)7-17)9-6-16-10(15)21-9/h6,8,19H,4-5,7H2,1-3H3,(H2,15,16)/t8-,13+/m1/s1. The molecule has 6 nitrogen and oxygen atoms in total. The number of carbonyl (C=O) groups excluding carboxylic acids is 1. The molecule has 1 aromatic heterocycles. The fraction of sp³-hybridized carbons (Fsp3) is 0.692. The summed E-state index contributed by atoms with van der Waals surface area (Å²) in [6, 6.07) is 0. The summed E-state index contributed by atoms with van der Waals surface area (Å²) in [6.45, 7) is 5.24. The Labute approximate surface area is 126 Å². The summed E-state index contributed by atoms with van der Waals surface area (Å²) in [6.07, 6.45) is -0.722. The van der Waals surface area contributed by atoms with E-state index < -0.39 is 23.5 Å². The molecule has 0 aliphatic carbocycles. The zero-order chi connectivity index (χ0) is 15.8. The van der Waals surface area contributed by atoms with Gasteiger partial charge in [-0.2, -0.15) is 0 Å². The van der Waals surface area contributed by atoms with E-state index in [0.29, 0.717) is 4.88 Å². The van der Waals surface area contributed by atoms with E-state index in [1.807, 2.05) is 0 Å². The minimum absolute atomic E-state index is 0.0784. The zero-order valence-electron chi connectivity index (χ0n) is 12.3. The molecule has 21 heavy (non-hydrogen) atoms. The minimum Gasteiger partial charge on any atom is -0.444 e. The fourth-order valence-corrected chi connectivity index (χ4v) is 3.00. The lowest BCUT2D eigenvalue weighted by atomic mass is 9.88. The van der Waals surface area contributed by atoms with Crippen molar-refractivity contribution < 1.29 is 19.0 Å². The van der Waals surface area contributed by atoms with Crippen molar-refractivity contribution in [3.63, 3.8) is 0 Å². The first-order valence-corrected chi connectivity index (χ1v) is 7.49. The topological polar surface area (TPSA) is 88.7 Å². The number of aliphatic hydroxyl groups is 1. The fourth-order valence-electron chi connectivity index (χ4n) is 2.16. The van der Waals surface area contributed by atoms with Crippen LogP contribution in [-0.4, -0.2) is 45.9 Å². The molecule has 0 bridgehead atoms. The lowest BCUT2D eigenvalue weighted by Crippen LogP contribution is -2.53. The number of piperidine rings is 1. The Morgan fingerprint density at radius 1 is 1.67 bits per heavy atom. The van der Waals surface area contributed by atoms with Gasteiger partial charge in [0.05, 0.1) is 11.4 Å². The van der Waals surface area contributed by atoms with Gasteiger partial charge < -0.3 is 20.5 Å². The molecule has 0 aromatic carbocycles. The number of anilines is 1. The number of thiazole rings is 1. The van der Waals surface area contributed by atoms with Crippen LogP contribution in [0.5, 0.6) is 0 Å². The lowest BCUT2D eigenvalue weighted by molar-refractivity contribution is -0.0885. The van der Waals surface area contributed by atoms with Crippen LogP contribution in [0.2, 0.25) is 0 Å². The molecule has 1 aliphatic rings. The molecular weight excluding hydrogens is 297 g/mol. The molecule has 1 amide bonds. The van der Waals surface area contributed by atoms with E-state index in [0.717, 1.165) is 11.3 Å². The van der Waals surface area contributed by atoms with Crippen LogP contribution >= 0.6 is 11.3 Å². The van der Waals surface area contributed by atoms with Gasteiger partial charge in [0, 0.05) is 19.2 Å². The van der Waals surface area contributed by atoms with Crippen LogP contribution in [0.1, 0.15) is 32.1 Å². The number of halogens is 1. The molecule has 0 spiro atoms. The lowest BCUT2D eigenvalue weighted by Gasteiger charge is -2.40. The van der Waals surface area contributed by atoms with Crippen molar-refractivity contribution in [3.05, 3.63) is 11.1 Å². The van der Waals surface area contributed by atoms with Gasteiger partial charge in [0.1, 0.15) is 11.2 Å². The number of rotatable bonds is 1. The highest BCUT2D eigenvalue weighted by Gasteiger charge is 2.46. The third kappa shape index (κ3) is 3.44. The van der Waals surface area contributed by atoms with E-state index in [1.54, 1.807) is 20.8 Å². The average molecular weight is 317 g/mol. The van der Waals surface area contributed by atoms with Crippen LogP contribution in [0.15, 0.2) is 6.20 Å². The number of likely N-dealkylation sites (tertiary alicyclic amines) is 1. The SMILES string of the molecule is CC(C)(C)OC(=O)N1CC[C@@](O)(c2cnc(N)s2)[C@H](F)C1. The number of alkyl halides is 1. The highest BCUT2D eigenvalue weighted by atomic mass is 32.1. The Balaban J connectivity index is 2.07. The molecule has 0 saturated carbocycles. The smallest absolute Gasteiger partial charge is 0.410 e. The van der Waals surface area contributed by atoms with Crippen LogP contribution < -0.4 is 5.73 Å². The molecule has 118 valence electrons. The van der Waals surface area contributed by atoms with E-state index in [1.165, 1.54) is 11.1 Å². The van der Waals surface area contributed by atoms with Crippen molar-refractivity contribution in [3.8, 4) is 0 Å². The second kappa shape index (κ2) is 5.42. The highest BCUT2D eigenvalue weighted by molar-refractivity contribution is 7.15. The Hall–Kier alpha value is -1.41. The maximum Gasteiger partial charge on any atom is 0.410 e. The number of nitrogen functional groups attached to an aromatic ring is 1. The monoisotopic (exact) mass is 317 g/mol. The van der Waals surface area contributed by atoms with Gasteiger partial charge in [-0.15, -0.1) is 0 Å². The third-order valence-electron chi connectivity index (χ3n) is 3.26. The van der Waals surface area contributed by atoms with Crippen LogP contribution in [-0.2, 0) is 10.3 Å². The van der Waals surface area contributed by atoms with E-state index in [-0.39, 0.29) is 24.6 Å². The van der Waals surface area contributed by atoms with Crippen molar-refractivity contribution in [1.82, 2.24) is 9.88 Å². The van der Waals surface area contributed by atoms with Gasteiger partial charge in [-0.3, -0.25) is 0 Å². The van der Waals surface area contributed by atoms with Gasteiger partial charge in [0.15, 0.2) is 11.3 Å². The number of nitrogens with zero attached hydrogens (tertiary/aromatic N) is 2. The number of nitrogens with two attached hydrogens (primary N) is 1. The number of aromatic nitrogens is 1. The van der Waals surface area contributed by atoms with Crippen molar-refractivity contribution in [1.29, 1.82) is 0 Å². The summed E-state index contributed by atoms with van der Waals surface area (Å²) >= 11 is 1.06. The molecule has 1 saturated heterocycles. The summed E-state index contributed by atoms with van der Waals surface area (Å²) in [5.41, 5.74) is 3.24. The quantitative estimate of drug-likeness (QED) is 0.826. The van der Waals surface area contributed by atoms with Gasteiger partial charge in [-0.25, -0.2) is 14.2 Å². The Morgan fingerprint density at radius 2 is 2.33 bits per heavy atom. The van der Waals surface area contributed by atoms with Gasteiger partial charge in [-0.05, 0) is 20.8 Å². The maximum atomic E-state index is 14.4. The molecule has 1 aromatic rings. The summed E-state index contributed by atoms with van der Waals surface area (Å²) < 4.78 is 19.6. The van der Waals surface area contributed by atoms with E-state index in [9.17, 15) is 14.3 Å². The zero-order valence-corrected chi connectivity index (χ0v) is 13.1. The Morgan fingerprint density at radius 3 is 2.81 bits per heavy atom. The van der Waals surface area contributed by atoms with Gasteiger partial charge in [0.2, 0.25) is 0 Å². The van der Waals surface area contributed by atoms with Crippen LogP contribution in [0.3, 0.4) is 0 Å². The molecule has 2 heterocycles. The first-order valence-electron chi connectivity index (χ1n) is 6.68. The second-order valence-corrected chi connectivity index (χ2v) is 7.19. The Kier molecular flexibility index (Phi) is 4.12. The van der Waals surface area contributed by atoms with Crippen molar-refractivity contribution in [2.24, 2.45) is 0 Å². The second-order valence-electron chi connectivity index (χ2n) is 6.13. The summed E-state index contributed by atoms with van der Waals surface area (Å²) in [4.78, 5) is 17.4. The number of hydrogen-bond donors (Lipinski definition) is 2. The molecule has 1 aliphatic heterocycles. The predicted molar refractivity (Wildman–Crippen MR) is 77.7 cm³/mol. The van der Waals surface area contributed by atoms with E-state index in [2.05, 4.69) is 4.98 Å². The van der Waals surface area contributed by atoms with Crippen molar-refractivity contribution in [2.45, 2.75) is 44.6 Å². The number of ether oxygens (including phenoxy) is 1. The molecule has 2 atom stereocenters. The van der Waals surface area contributed by atoms with E-state index >= 15 is 0 Å². The summed E-state index contributed by atoms with van der Waals surface area (Å²) in [5, 5.41) is 10.8. The molecule has 2 rings (SSSR count). The predicted octanol–water partition coefficient (Wildman–Crippen LogP) is 1.89. The summed E-state index contributed by atoms with van der Waals surface area (Å²) in [5.74, 6) is 0. The molecule has 3 N–H and O–H groups in total. The normalized spacial score (nSPS) is 26.7. The number of amides is 1. The molecule has 8 heteroatoms. The van der Waals surface area contributed by atoms with Crippen LogP contribution in [0.4, 0.5) is 14.3 Å². The van der Waals surface area contributed by atoms with Gasteiger partial charge in [0.25, 0.3) is 0 Å². The average Bonchev–Trinajstić information content (AvgIpc) is 2.78. The first-order chi connectivity index (χ1) is 9.62. The first kappa shape index (κ1) is 16.0. The number of carbonyl (C=O) groups is 1. The van der Waals surface area contributed by atoms with Gasteiger partial charge >= 0.3 is 6.09 Å². The molecule has 0 unspecified atom stereocenters. The van der Waals surface area contributed by atoms with Crippen LogP contribution in [0.25, 0.3) is 0 Å².